The minimum absolute atomic E-state index is 0.0800. The lowest BCUT2D eigenvalue weighted by Gasteiger charge is -2.43. The lowest BCUT2D eigenvalue weighted by atomic mass is 9.75. The van der Waals surface area contributed by atoms with Gasteiger partial charge in [0.25, 0.3) is 0 Å². The highest BCUT2D eigenvalue weighted by atomic mass is 16.5. The first kappa shape index (κ1) is 25.2. The third-order valence-electron chi connectivity index (χ3n) is 7.29. The highest BCUT2D eigenvalue weighted by Crippen LogP contribution is 2.36. The molecule has 3 unspecified atom stereocenters. The molecule has 8 atom stereocenters. The van der Waals surface area contributed by atoms with Crippen molar-refractivity contribution in [2.75, 3.05) is 0 Å². The van der Waals surface area contributed by atoms with Crippen LogP contribution >= 0.6 is 0 Å². The van der Waals surface area contributed by atoms with Crippen LogP contribution in [0, 0.1) is 29.6 Å². The summed E-state index contributed by atoms with van der Waals surface area (Å²) in [4.78, 5) is 12.3. The van der Waals surface area contributed by atoms with E-state index in [1.54, 1.807) is 0 Å². The molecule has 1 saturated heterocycles. The van der Waals surface area contributed by atoms with E-state index in [0.29, 0.717) is 42.1 Å². The smallest absolute Gasteiger partial charge is 0.220 e. The van der Waals surface area contributed by atoms with Crippen LogP contribution in [0.1, 0.15) is 93.9 Å². The maximum Gasteiger partial charge on any atom is 0.220 e. The van der Waals surface area contributed by atoms with Crippen molar-refractivity contribution in [3.63, 3.8) is 0 Å². The van der Waals surface area contributed by atoms with Crippen LogP contribution in [0.4, 0.5) is 0 Å². The van der Waals surface area contributed by atoms with Gasteiger partial charge in [0.1, 0.15) is 0 Å². The minimum Gasteiger partial charge on any atom is -0.370 e. The molecular formula is C25H47NO2. The Labute approximate surface area is 175 Å². The zero-order chi connectivity index (χ0) is 21.3. The SMILES string of the molecule is CCCC[C@@H](C)[C@@H](C)[C@H](C=C[C@H]1OC(CC)[C@H](C)C(C)C1C)NC(=O)CCC. The fourth-order valence-corrected chi connectivity index (χ4v) is 4.47. The highest BCUT2D eigenvalue weighted by molar-refractivity contribution is 5.76. The van der Waals surface area contributed by atoms with Crippen LogP contribution in [-0.2, 0) is 9.53 Å². The lowest BCUT2D eigenvalue weighted by molar-refractivity contribution is -0.122. The summed E-state index contributed by atoms with van der Waals surface area (Å²) < 4.78 is 6.44. The Bertz CT molecular complexity index is 473. The van der Waals surface area contributed by atoms with Gasteiger partial charge in [-0.25, -0.2) is 0 Å². The van der Waals surface area contributed by atoms with Crippen molar-refractivity contribution in [3.8, 4) is 0 Å². The quantitative estimate of drug-likeness (QED) is 0.414. The van der Waals surface area contributed by atoms with Gasteiger partial charge in [-0.05, 0) is 42.4 Å². The van der Waals surface area contributed by atoms with E-state index in [0.717, 1.165) is 12.8 Å². The molecule has 164 valence electrons. The molecule has 3 nitrogen and oxygen atoms in total. The fourth-order valence-electron chi connectivity index (χ4n) is 4.47. The molecule has 0 aliphatic carbocycles. The molecule has 1 aliphatic rings. The maximum absolute atomic E-state index is 12.3. The Kier molecular flexibility index (Phi) is 11.4. The first-order valence-electron chi connectivity index (χ1n) is 11.9. The monoisotopic (exact) mass is 393 g/mol. The van der Waals surface area contributed by atoms with Crippen molar-refractivity contribution in [3.05, 3.63) is 12.2 Å². The van der Waals surface area contributed by atoms with Gasteiger partial charge < -0.3 is 10.1 Å². The number of carbonyl (C=O) groups is 1. The van der Waals surface area contributed by atoms with Crippen molar-refractivity contribution < 1.29 is 9.53 Å². The van der Waals surface area contributed by atoms with Gasteiger partial charge in [-0.3, -0.25) is 4.79 Å². The largest absolute Gasteiger partial charge is 0.370 e. The zero-order valence-electron chi connectivity index (χ0n) is 19.8. The van der Waals surface area contributed by atoms with Crippen molar-refractivity contribution in [1.29, 1.82) is 0 Å². The van der Waals surface area contributed by atoms with E-state index in [-0.39, 0.29) is 18.1 Å². The number of hydrogen-bond acceptors (Lipinski definition) is 2. The first-order chi connectivity index (χ1) is 13.3. The molecule has 0 aromatic heterocycles. The summed E-state index contributed by atoms with van der Waals surface area (Å²) in [7, 11) is 0. The van der Waals surface area contributed by atoms with Crippen LogP contribution in [-0.4, -0.2) is 24.2 Å². The molecule has 0 saturated carbocycles. The Balaban J connectivity index is 2.92. The topological polar surface area (TPSA) is 38.3 Å². The molecule has 1 fully saturated rings. The number of nitrogens with one attached hydrogen (secondary N) is 1. The molecule has 1 heterocycles. The van der Waals surface area contributed by atoms with Crippen LogP contribution in [0.5, 0.6) is 0 Å². The number of hydrogen-bond donors (Lipinski definition) is 1. The molecule has 1 N–H and O–H groups in total. The van der Waals surface area contributed by atoms with Gasteiger partial charge in [0.15, 0.2) is 0 Å². The third kappa shape index (κ3) is 7.21. The fraction of sp³-hybridized carbons (Fsp3) is 0.880. The lowest BCUT2D eigenvalue weighted by Crippen LogP contribution is -2.44. The third-order valence-corrected chi connectivity index (χ3v) is 7.29. The van der Waals surface area contributed by atoms with Crippen LogP contribution in [0.25, 0.3) is 0 Å². The Morgan fingerprint density at radius 3 is 2.29 bits per heavy atom. The van der Waals surface area contributed by atoms with Gasteiger partial charge in [0.2, 0.25) is 5.91 Å². The molecule has 0 aromatic rings. The molecule has 1 amide bonds. The van der Waals surface area contributed by atoms with E-state index in [9.17, 15) is 4.79 Å². The summed E-state index contributed by atoms with van der Waals surface area (Å²) in [5.74, 6) is 2.90. The van der Waals surface area contributed by atoms with Crippen LogP contribution in [0.2, 0.25) is 0 Å². The van der Waals surface area contributed by atoms with Crippen molar-refractivity contribution in [2.24, 2.45) is 29.6 Å². The molecular weight excluding hydrogens is 346 g/mol. The summed E-state index contributed by atoms with van der Waals surface area (Å²) in [6.07, 6.45) is 11.2. The van der Waals surface area contributed by atoms with E-state index in [4.69, 9.17) is 4.74 Å². The second kappa shape index (κ2) is 12.7. The standard InChI is InChI=1S/C25H47NO2/c1-9-12-14-17(4)18(5)22(26-25(27)13-10-2)15-16-24-21(8)19(6)20(7)23(11-3)28-24/h15-24H,9-14H2,1-8H3,(H,26,27)/t17-,18-,19?,20-,21?,22+,23?,24-/m1/s1. The normalized spacial score (nSPS) is 31.5. The molecule has 1 rings (SSSR count). The molecule has 3 heteroatoms. The van der Waals surface area contributed by atoms with Gasteiger partial charge in [0.05, 0.1) is 12.2 Å². The molecule has 28 heavy (non-hydrogen) atoms. The van der Waals surface area contributed by atoms with E-state index < -0.39 is 0 Å². The van der Waals surface area contributed by atoms with E-state index in [1.165, 1.54) is 19.3 Å². The van der Waals surface area contributed by atoms with Gasteiger partial charge in [-0.1, -0.05) is 86.8 Å². The van der Waals surface area contributed by atoms with Crippen LogP contribution in [0.15, 0.2) is 12.2 Å². The van der Waals surface area contributed by atoms with E-state index in [2.05, 4.69) is 72.9 Å². The Morgan fingerprint density at radius 2 is 1.71 bits per heavy atom. The maximum atomic E-state index is 12.3. The summed E-state index contributed by atoms with van der Waals surface area (Å²) in [5, 5.41) is 3.29. The molecule has 0 aromatic carbocycles. The van der Waals surface area contributed by atoms with Gasteiger partial charge in [-0.2, -0.15) is 0 Å². The summed E-state index contributed by atoms with van der Waals surface area (Å²) in [5.41, 5.74) is 0. The number of rotatable bonds is 11. The average molecular weight is 394 g/mol. The van der Waals surface area contributed by atoms with Gasteiger partial charge in [0, 0.05) is 12.5 Å². The highest BCUT2D eigenvalue weighted by Gasteiger charge is 2.37. The number of unbranched alkanes of at least 4 members (excludes halogenated alkanes) is 1. The molecule has 0 bridgehead atoms. The van der Waals surface area contributed by atoms with Gasteiger partial charge in [-0.15, -0.1) is 0 Å². The minimum atomic E-state index is 0.0800. The predicted octanol–water partition coefficient (Wildman–Crippen LogP) is 6.38. The summed E-state index contributed by atoms with van der Waals surface area (Å²) in [6.45, 7) is 18.1. The van der Waals surface area contributed by atoms with Crippen LogP contribution in [0.3, 0.4) is 0 Å². The molecule has 1 aliphatic heterocycles. The second-order valence-electron chi connectivity index (χ2n) is 9.33. The van der Waals surface area contributed by atoms with E-state index in [1.807, 2.05) is 0 Å². The number of ether oxygens (including phenoxy) is 1. The van der Waals surface area contributed by atoms with Crippen molar-refractivity contribution in [2.45, 2.75) is 112 Å². The number of carbonyl (C=O) groups excluding carboxylic acids is 1. The first-order valence-corrected chi connectivity index (χ1v) is 11.9. The van der Waals surface area contributed by atoms with E-state index >= 15 is 0 Å². The van der Waals surface area contributed by atoms with Crippen molar-refractivity contribution >= 4 is 5.91 Å². The predicted molar refractivity (Wildman–Crippen MR) is 120 cm³/mol. The molecule has 0 radical (unpaired) electrons. The summed E-state index contributed by atoms with van der Waals surface area (Å²) in [6, 6.07) is 0.0800. The zero-order valence-corrected chi connectivity index (χ0v) is 19.8. The Morgan fingerprint density at radius 1 is 1.04 bits per heavy atom. The Hall–Kier alpha value is -0.830. The molecule has 0 spiro atoms. The van der Waals surface area contributed by atoms with Crippen molar-refractivity contribution in [1.82, 2.24) is 5.32 Å². The van der Waals surface area contributed by atoms with Crippen LogP contribution < -0.4 is 5.32 Å². The summed E-state index contributed by atoms with van der Waals surface area (Å²) >= 11 is 0. The second-order valence-corrected chi connectivity index (χ2v) is 9.33. The average Bonchev–Trinajstić information content (AvgIpc) is 2.68. The van der Waals surface area contributed by atoms with Gasteiger partial charge >= 0.3 is 0 Å². The number of amides is 1.